The normalized spacial score (nSPS) is 24.0. The fraction of sp³-hybridized carbons (Fsp3) is 0.833. The summed E-state index contributed by atoms with van der Waals surface area (Å²) in [7, 11) is 0. The van der Waals surface area contributed by atoms with Crippen molar-refractivity contribution >= 4 is 6.09 Å². The van der Waals surface area contributed by atoms with Crippen molar-refractivity contribution in [2.75, 3.05) is 13.1 Å². The number of rotatable bonds is 0. The van der Waals surface area contributed by atoms with E-state index in [1.165, 1.54) is 4.90 Å². The van der Waals surface area contributed by atoms with Gasteiger partial charge in [0.2, 0.25) is 0 Å². The van der Waals surface area contributed by atoms with E-state index in [4.69, 9.17) is 10.00 Å². The smallest absolute Gasteiger partial charge is 0.410 e. The molecule has 4 nitrogen and oxygen atoms in total. The maximum atomic E-state index is 13.5. The number of likely N-dealkylation sites (tertiary alicyclic amines) is 1. The summed E-state index contributed by atoms with van der Waals surface area (Å²) in [6.07, 6.45) is -1.12. The highest BCUT2D eigenvalue weighted by atomic mass is 19.3. The second-order valence-electron chi connectivity index (χ2n) is 5.45. The average Bonchev–Trinajstić information content (AvgIpc) is 2.33. The third-order valence-electron chi connectivity index (χ3n) is 2.72. The van der Waals surface area contributed by atoms with Gasteiger partial charge in [-0.05, 0) is 27.2 Å². The maximum absolute atomic E-state index is 13.5. The number of halogens is 2. The Morgan fingerprint density at radius 1 is 1.44 bits per heavy atom. The molecule has 0 saturated carbocycles. The zero-order valence-corrected chi connectivity index (χ0v) is 10.9. The van der Waals surface area contributed by atoms with Gasteiger partial charge in [-0.1, -0.05) is 0 Å². The summed E-state index contributed by atoms with van der Waals surface area (Å²) >= 11 is 0. The lowest BCUT2D eigenvalue weighted by Gasteiger charge is -2.26. The highest BCUT2D eigenvalue weighted by Crippen LogP contribution is 2.33. The number of hydrogen-bond acceptors (Lipinski definition) is 3. The van der Waals surface area contributed by atoms with Crippen LogP contribution in [-0.2, 0) is 4.74 Å². The number of alkyl halides is 2. The van der Waals surface area contributed by atoms with E-state index in [2.05, 4.69) is 0 Å². The molecule has 1 aliphatic heterocycles. The Morgan fingerprint density at radius 3 is 2.56 bits per heavy atom. The first-order valence-corrected chi connectivity index (χ1v) is 5.91. The highest BCUT2D eigenvalue weighted by molar-refractivity contribution is 5.68. The van der Waals surface area contributed by atoms with Crippen LogP contribution in [0.4, 0.5) is 13.6 Å². The first-order valence-electron chi connectivity index (χ1n) is 5.91. The van der Waals surface area contributed by atoms with Crippen LogP contribution in [0.25, 0.3) is 0 Å². The predicted octanol–water partition coefficient (Wildman–Crippen LogP) is 2.79. The second-order valence-corrected chi connectivity index (χ2v) is 5.45. The van der Waals surface area contributed by atoms with Crippen LogP contribution >= 0.6 is 0 Å². The van der Waals surface area contributed by atoms with Crippen molar-refractivity contribution < 1.29 is 18.3 Å². The molecule has 1 rings (SSSR count). The van der Waals surface area contributed by atoms with Crippen LogP contribution in [0.3, 0.4) is 0 Å². The van der Waals surface area contributed by atoms with Gasteiger partial charge in [0.15, 0.2) is 0 Å². The molecule has 0 aromatic rings. The Labute approximate surface area is 106 Å². The van der Waals surface area contributed by atoms with E-state index in [0.29, 0.717) is 0 Å². The molecule has 0 N–H and O–H groups in total. The minimum atomic E-state index is -3.04. The Morgan fingerprint density at radius 2 is 2.06 bits per heavy atom. The van der Waals surface area contributed by atoms with Crippen molar-refractivity contribution in [3.8, 4) is 6.07 Å². The van der Waals surface area contributed by atoms with E-state index in [1.807, 2.05) is 0 Å². The van der Waals surface area contributed by atoms with Crippen molar-refractivity contribution in [2.24, 2.45) is 5.92 Å². The summed E-state index contributed by atoms with van der Waals surface area (Å²) < 4.78 is 32.1. The molecule has 102 valence electrons. The molecule has 1 heterocycles. The number of carbonyl (C=O) groups is 1. The lowest BCUT2D eigenvalue weighted by Crippen LogP contribution is -2.37. The van der Waals surface area contributed by atoms with Crippen LogP contribution in [0.2, 0.25) is 0 Å². The van der Waals surface area contributed by atoms with Crippen molar-refractivity contribution in [2.45, 2.75) is 45.1 Å². The van der Waals surface area contributed by atoms with Crippen LogP contribution in [0.15, 0.2) is 0 Å². The Bertz CT molecular complexity index is 358. The highest BCUT2D eigenvalue weighted by Gasteiger charge is 2.43. The summed E-state index contributed by atoms with van der Waals surface area (Å²) in [5, 5.41) is 8.70. The topological polar surface area (TPSA) is 53.3 Å². The monoisotopic (exact) mass is 260 g/mol. The van der Waals surface area contributed by atoms with Gasteiger partial charge in [-0.2, -0.15) is 5.26 Å². The van der Waals surface area contributed by atoms with Crippen LogP contribution in [0.1, 0.15) is 33.6 Å². The summed E-state index contributed by atoms with van der Waals surface area (Å²) in [5.41, 5.74) is -0.652. The lowest BCUT2D eigenvalue weighted by atomic mass is 9.98. The molecule has 0 aliphatic carbocycles. The molecule has 1 atom stereocenters. The van der Waals surface area contributed by atoms with Crippen LogP contribution in [0.5, 0.6) is 0 Å². The predicted molar refractivity (Wildman–Crippen MR) is 61.1 cm³/mol. The van der Waals surface area contributed by atoms with Gasteiger partial charge in [0.25, 0.3) is 5.92 Å². The van der Waals surface area contributed by atoms with E-state index in [1.54, 1.807) is 26.8 Å². The largest absolute Gasteiger partial charge is 0.444 e. The molecule has 0 radical (unpaired) electrons. The van der Waals surface area contributed by atoms with E-state index in [9.17, 15) is 13.6 Å². The van der Waals surface area contributed by atoms with Crippen LogP contribution in [-0.4, -0.2) is 35.6 Å². The fourth-order valence-electron chi connectivity index (χ4n) is 1.73. The van der Waals surface area contributed by atoms with Gasteiger partial charge in [-0.3, -0.25) is 0 Å². The Kier molecular flexibility index (Phi) is 4.15. The summed E-state index contributed by atoms with van der Waals surface area (Å²) in [6.45, 7) is 5.20. The molecule has 1 saturated heterocycles. The van der Waals surface area contributed by atoms with Crippen LogP contribution in [0, 0.1) is 17.2 Å². The molecule has 0 aromatic heterocycles. The van der Waals surface area contributed by atoms with Gasteiger partial charge in [0.1, 0.15) is 11.5 Å². The SMILES string of the molecule is CC(C)(C)OC(=O)N1CCC(C#N)C(F)(F)CC1. The van der Waals surface area contributed by atoms with Crippen molar-refractivity contribution in [1.29, 1.82) is 5.26 Å². The minimum absolute atomic E-state index is 0.0251. The molecular formula is C12H18F2N2O2. The molecule has 18 heavy (non-hydrogen) atoms. The third-order valence-corrected chi connectivity index (χ3v) is 2.72. The standard InChI is InChI=1S/C12H18F2N2O2/c1-11(2,3)18-10(17)16-6-4-9(8-15)12(13,14)5-7-16/h9H,4-7H2,1-3H3. The van der Waals surface area contributed by atoms with E-state index in [0.717, 1.165) is 0 Å². The molecule has 6 heteroatoms. The molecule has 1 amide bonds. The van der Waals surface area contributed by atoms with E-state index in [-0.39, 0.29) is 19.5 Å². The third kappa shape index (κ3) is 3.83. The van der Waals surface area contributed by atoms with Crippen LogP contribution < -0.4 is 0 Å². The number of ether oxygens (including phenoxy) is 1. The molecule has 1 unspecified atom stereocenters. The van der Waals surface area contributed by atoms with Gasteiger partial charge in [0, 0.05) is 19.5 Å². The molecule has 0 aromatic carbocycles. The zero-order valence-electron chi connectivity index (χ0n) is 10.9. The average molecular weight is 260 g/mol. The summed E-state index contributed by atoms with van der Waals surface area (Å²) in [5.74, 6) is -4.36. The van der Waals surface area contributed by atoms with E-state index >= 15 is 0 Å². The molecule has 1 aliphatic rings. The number of hydrogen-bond donors (Lipinski definition) is 0. The van der Waals surface area contributed by atoms with Crippen molar-refractivity contribution in [1.82, 2.24) is 4.90 Å². The van der Waals surface area contributed by atoms with Gasteiger partial charge < -0.3 is 9.64 Å². The van der Waals surface area contributed by atoms with Gasteiger partial charge in [-0.15, -0.1) is 0 Å². The van der Waals surface area contributed by atoms with Gasteiger partial charge >= 0.3 is 6.09 Å². The molecule has 1 fully saturated rings. The molecule has 0 bridgehead atoms. The van der Waals surface area contributed by atoms with Crippen molar-refractivity contribution in [3.05, 3.63) is 0 Å². The Hall–Kier alpha value is -1.38. The number of nitrogens with zero attached hydrogens (tertiary/aromatic N) is 2. The lowest BCUT2D eigenvalue weighted by molar-refractivity contribution is -0.0416. The quantitative estimate of drug-likeness (QED) is 0.673. The van der Waals surface area contributed by atoms with E-state index < -0.39 is 30.0 Å². The molecular weight excluding hydrogens is 242 g/mol. The minimum Gasteiger partial charge on any atom is -0.444 e. The second kappa shape index (κ2) is 5.09. The first kappa shape index (κ1) is 14.7. The molecule has 0 spiro atoms. The fourth-order valence-corrected chi connectivity index (χ4v) is 1.73. The van der Waals surface area contributed by atoms with Gasteiger partial charge in [0.05, 0.1) is 6.07 Å². The first-order chi connectivity index (χ1) is 8.15. The zero-order chi connectivity index (χ0) is 14.0. The van der Waals surface area contributed by atoms with Crippen molar-refractivity contribution in [3.63, 3.8) is 0 Å². The maximum Gasteiger partial charge on any atom is 0.410 e. The summed E-state index contributed by atoms with van der Waals surface area (Å²) in [6, 6.07) is 1.61. The number of carbonyl (C=O) groups excluding carboxylic acids is 1. The number of nitriles is 1. The Balaban J connectivity index is 2.68. The number of amides is 1. The van der Waals surface area contributed by atoms with Gasteiger partial charge in [-0.25, -0.2) is 13.6 Å². The summed E-state index contributed by atoms with van der Waals surface area (Å²) in [4.78, 5) is 13.0.